The molecule has 1 aromatic carbocycles. The molecule has 0 atom stereocenters. The highest BCUT2D eigenvalue weighted by Crippen LogP contribution is 2.37. The summed E-state index contributed by atoms with van der Waals surface area (Å²) >= 11 is 3.61. The summed E-state index contributed by atoms with van der Waals surface area (Å²) in [7, 11) is 2.01. The van der Waals surface area contributed by atoms with Crippen molar-refractivity contribution in [3.63, 3.8) is 0 Å². The van der Waals surface area contributed by atoms with Crippen LogP contribution < -0.4 is 10.1 Å². The molecule has 0 saturated heterocycles. The lowest BCUT2D eigenvalue weighted by molar-refractivity contribution is 0.314. The Balaban J connectivity index is 2.19. The molecule has 1 aromatic rings. The minimum absolute atomic E-state index is 0.295. The molecule has 0 aliphatic carbocycles. The first-order valence-corrected chi connectivity index (χ1v) is 7.40. The summed E-state index contributed by atoms with van der Waals surface area (Å²) in [5.74, 6) is 1.13. The maximum Gasteiger partial charge on any atom is 0.125 e. The molecule has 0 fully saturated rings. The number of nitrogens with one attached hydrogen (secondary N) is 1. The van der Waals surface area contributed by atoms with Gasteiger partial charge in [-0.2, -0.15) is 0 Å². The standard InChI is InChI=1S/C15H22BrNO/c1-15(2,5-6-17-3)10-12-9-13(16)8-11-4-7-18-14(11)12/h8-9,17H,4-7,10H2,1-3H3. The fourth-order valence-electron chi connectivity index (χ4n) is 2.54. The fourth-order valence-corrected chi connectivity index (χ4v) is 3.10. The van der Waals surface area contributed by atoms with Crippen LogP contribution in [0.1, 0.15) is 31.4 Å². The average molecular weight is 312 g/mol. The zero-order chi connectivity index (χ0) is 13.2. The molecule has 2 nitrogen and oxygen atoms in total. The van der Waals surface area contributed by atoms with Gasteiger partial charge in [-0.1, -0.05) is 29.8 Å². The van der Waals surface area contributed by atoms with E-state index in [1.807, 2.05) is 7.05 Å². The van der Waals surface area contributed by atoms with Gasteiger partial charge in [-0.25, -0.2) is 0 Å². The molecule has 3 heteroatoms. The van der Waals surface area contributed by atoms with Crippen LogP contribution in [0.25, 0.3) is 0 Å². The fraction of sp³-hybridized carbons (Fsp3) is 0.600. The molecule has 0 spiro atoms. The molecule has 1 heterocycles. The summed E-state index contributed by atoms with van der Waals surface area (Å²) in [6.07, 6.45) is 3.28. The first kappa shape index (κ1) is 13.9. The second kappa shape index (κ2) is 5.62. The zero-order valence-corrected chi connectivity index (χ0v) is 13.1. The lowest BCUT2D eigenvalue weighted by Crippen LogP contribution is -2.22. The highest BCUT2D eigenvalue weighted by Gasteiger charge is 2.24. The van der Waals surface area contributed by atoms with Crippen LogP contribution in [-0.2, 0) is 12.8 Å². The van der Waals surface area contributed by atoms with Gasteiger partial charge in [0.25, 0.3) is 0 Å². The van der Waals surface area contributed by atoms with Crippen molar-refractivity contribution in [1.82, 2.24) is 5.32 Å². The monoisotopic (exact) mass is 311 g/mol. The topological polar surface area (TPSA) is 21.3 Å². The molecule has 0 bridgehead atoms. The van der Waals surface area contributed by atoms with Crippen LogP contribution in [0.4, 0.5) is 0 Å². The molecular formula is C15H22BrNO. The first-order valence-electron chi connectivity index (χ1n) is 6.60. The molecule has 0 radical (unpaired) electrons. The number of ether oxygens (including phenoxy) is 1. The highest BCUT2D eigenvalue weighted by molar-refractivity contribution is 9.10. The van der Waals surface area contributed by atoms with Crippen molar-refractivity contribution in [2.45, 2.75) is 33.1 Å². The Hall–Kier alpha value is -0.540. The van der Waals surface area contributed by atoms with Crippen molar-refractivity contribution in [3.8, 4) is 5.75 Å². The number of hydrogen-bond acceptors (Lipinski definition) is 2. The molecule has 18 heavy (non-hydrogen) atoms. The van der Waals surface area contributed by atoms with Crippen molar-refractivity contribution >= 4 is 15.9 Å². The Bertz CT molecular complexity index is 429. The van der Waals surface area contributed by atoms with E-state index in [0.717, 1.165) is 31.7 Å². The minimum atomic E-state index is 0.295. The van der Waals surface area contributed by atoms with Crippen LogP contribution in [-0.4, -0.2) is 20.2 Å². The molecule has 1 aliphatic heterocycles. The molecule has 1 aliphatic rings. The van der Waals surface area contributed by atoms with Crippen LogP contribution in [0.5, 0.6) is 5.75 Å². The van der Waals surface area contributed by atoms with Crippen LogP contribution in [0.3, 0.4) is 0 Å². The zero-order valence-electron chi connectivity index (χ0n) is 11.5. The molecule has 0 amide bonds. The van der Waals surface area contributed by atoms with E-state index in [0.29, 0.717) is 5.41 Å². The normalized spacial score (nSPS) is 14.4. The molecule has 0 unspecified atom stereocenters. The maximum absolute atomic E-state index is 5.80. The van der Waals surface area contributed by atoms with Crippen LogP contribution >= 0.6 is 15.9 Å². The van der Waals surface area contributed by atoms with E-state index in [4.69, 9.17) is 4.74 Å². The van der Waals surface area contributed by atoms with Crippen molar-refractivity contribution in [1.29, 1.82) is 0 Å². The van der Waals surface area contributed by atoms with E-state index in [2.05, 4.69) is 47.2 Å². The second-order valence-electron chi connectivity index (χ2n) is 5.85. The molecule has 2 rings (SSSR count). The van der Waals surface area contributed by atoms with Gasteiger partial charge in [-0.05, 0) is 55.1 Å². The molecule has 0 saturated carbocycles. The summed E-state index contributed by atoms with van der Waals surface area (Å²) in [6, 6.07) is 4.40. The first-order chi connectivity index (χ1) is 8.52. The molecular weight excluding hydrogens is 290 g/mol. The maximum atomic E-state index is 5.80. The quantitative estimate of drug-likeness (QED) is 0.897. The Morgan fingerprint density at radius 1 is 1.39 bits per heavy atom. The molecule has 100 valence electrons. The number of halogens is 1. The summed E-state index contributed by atoms with van der Waals surface area (Å²) in [5, 5.41) is 3.23. The largest absolute Gasteiger partial charge is 0.493 e. The van der Waals surface area contributed by atoms with Gasteiger partial charge in [0.1, 0.15) is 5.75 Å². The summed E-state index contributed by atoms with van der Waals surface area (Å²) in [4.78, 5) is 0. The predicted octanol–water partition coefficient (Wildman–Crippen LogP) is 3.56. The van der Waals surface area contributed by atoms with Crippen LogP contribution in [0, 0.1) is 5.41 Å². The summed E-state index contributed by atoms with van der Waals surface area (Å²) in [5.41, 5.74) is 2.99. The van der Waals surface area contributed by atoms with Gasteiger partial charge < -0.3 is 10.1 Å². The van der Waals surface area contributed by atoms with Gasteiger partial charge in [0.05, 0.1) is 6.61 Å². The van der Waals surface area contributed by atoms with E-state index in [9.17, 15) is 0 Å². The summed E-state index contributed by atoms with van der Waals surface area (Å²) in [6.45, 7) is 6.54. The number of rotatable bonds is 5. The van der Waals surface area contributed by atoms with Gasteiger partial charge in [0, 0.05) is 10.9 Å². The van der Waals surface area contributed by atoms with Crippen molar-refractivity contribution < 1.29 is 4.74 Å². The molecule has 1 N–H and O–H groups in total. The lowest BCUT2D eigenvalue weighted by atomic mass is 9.82. The number of fused-ring (bicyclic) bond motifs is 1. The minimum Gasteiger partial charge on any atom is -0.493 e. The summed E-state index contributed by atoms with van der Waals surface area (Å²) < 4.78 is 6.97. The number of benzene rings is 1. The Morgan fingerprint density at radius 3 is 2.89 bits per heavy atom. The predicted molar refractivity (Wildman–Crippen MR) is 79.4 cm³/mol. The Kier molecular flexibility index (Phi) is 4.33. The van der Waals surface area contributed by atoms with Crippen LogP contribution in [0.15, 0.2) is 16.6 Å². The van der Waals surface area contributed by atoms with E-state index in [1.54, 1.807) is 0 Å². The van der Waals surface area contributed by atoms with Crippen LogP contribution in [0.2, 0.25) is 0 Å². The lowest BCUT2D eigenvalue weighted by Gasteiger charge is -2.25. The third-order valence-corrected chi connectivity index (χ3v) is 4.00. The van der Waals surface area contributed by atoms with Gasteiger partial charge in [-0.3, -0.25) is 0 Å². The third kappa shape index (κ3) is 3.27. The smallest absolute Gasteiger partial charge is 0.125 e. The Morgan fingerprint density at radius 2 is 2.17 bits per heavy atom. The van der Waals surface area contributed by atoms with E-state index in [-0.39, 0.29) is 0 Å². The van der Waals surface area contributed by atoms with E-state index >= 15 is 0 Å². The van der Waals surface area contributed by atoms with E-state index in [1.165, 1.54) is 22.0 Å². The van der Waals surface area contributed by atoms with E-state index < -0.39 is 0 Å². The van der Waals surface area contributed by atoms with Crippen molar-refractivity contribution in [3.05, 3.63) is 27.7 Å². The Labute approximate surface area is 118 Å². The van der Waals surface area contributed by atoms with Crippen molar-refractivity contribution in [2.75, 3.05) is 20.2 Å². The van der Waals surface area contributed by atoms with Crippen molar-refractivity contribution in [2.24, 2.45) is 5.41 Å². The van der Waals surface area contributed by atoms with Gasteiger partial charge in [-0.15, -0.1) is 0 Å². The SMILES string of the molecule is CNCCC(C)(C)Cc1cc(Br)cc2c1OCC2. The van der Waals surface area contributed by atoms with Gasteiger partial charge in [0.2, 0.25) is 0 Å². The van der Waals surface area contributed by atoms with Gasteiger partial charge >= 0.3 is 0 Å². The average Bonchev–Trinajstić information content (AvgIpc) is 2.74. The molecule has 0 aromatic heterocycles. The highest BCUT2D eigenvalue weighted by atomic mass is 79.9. The number of hydrogen-bond donors (Lipinski definition) is 1. The van der Waals surface area contributed by atoms with Gasteiger partial charge in [0.15, 0.2) is 0 Å². The third-order valence-electron chi connectivity index (χ3n) is 3.55. The second-order valence-corrected chi connectivity index (χ2v) is 6.76.